The van der Waals surface area contributed by atoms with Gasteiger partial charge in [-0.3, -0.25) is 9.78 Å². The normalized spacial score (nSPS) is 11.6. The van der Waals surface area contributed by atoms with Crippen molar-refractivity contribution in [2.24, 2.45) is 0 Å². The maximum atomic E-state index is 12.6. The number of aliphatic carboxylic acids is 2. The van der Waals surface area contributed by atoms with Gasteiger partial charge >= 0.3 is 24.3 Å². The van der Waals surface area contributed by atoms with Crippen molar-refractivity contribution in [2.75, 3.05) is 0 Å². The van der Waals surface area contributed by atoms with E-state index in [2.05, 4.69) is 20.3 Å². The molecule has 1 atom stereocenters. The minimum absolute atomic E-state index is 0.176. The number of ketones is 1. The van der Waals surface area contributed by atoms with Crippen LogP contribution in [0.3, 0.4) is 0 Å². The van der Waals surface area contributed by atoms with E-state index in [1.54, 1.807) is 37.6 Å². The SMILES string of the molecule is CC(=O)CCCCC[C@H](NC(=O)c1cccnc1)c1ncc(-c2ccccc2)[nH]1.O=C(O)C(F)(F)F.O=C(O)C(F)(F)F. The summed E-state index contributed by atoms with van der Waals surface area (Å²) in [7, 11) is 0. The Labute approximate surface area is 241 Å². The smallest absolute Gasteiger partial charge is 0.475 e. The predicted octanol–water partition coefficient (Wildman–Crippen LogP) is 5.75. The molecule has 0 aliphatic rings. The van der Waals surface area contributed by atoms with E-state index in [0.717, 1.165) is 42.8 Å². The Balaban J connectivity index is 0.000000548. The molecule has 1 amide bonds. The lowest BCUT2D eigenvalue weighted by Crippen LogP contribution is -2.29. The van der Waals surface area contributed by atoms with Crippen LogP contribution in [-0.2, 0) is 14.4 Å². The number of rotatable bonds is 10. The van der Waals surface area contributed by atoms with Crippen LogP contribution in [-0.4, -0.2) is 61.1 Å². The van der Waals surface area contributed by atoms with Crippen molar-refractivity contribution in [3.63, 3.8) is 0 Å². The van der Waals surface area contributed by atoms with Crippen molar-refractivity contribution in [1.82, 2.24) is 20.3 Å². The van der Waals surface area contributed by atoms with E-state index in [0.29, 0.717) is 12.0 Å². The van der Waals surface area contributed by atoms with Gasteiger partial charge in [-0.15, -0.1) is 0 Å². The van der Waals surface area contributed by atoms with Gasteiger partial charge in [0.15, 0.2) is 0 Å². The average molecular weight is 619 g/mol. The summed E-state index contributed by atoms with van der Waals surface area (Å²) < 4.78 is 63.5. The molecule has 0 aliphatic carbocycles. The fourth-order valence-electron chi connectivity index (χ4n) is 3.19. The lowest BCUT2D eigenvalue weighted by atomic mass is 10.1. The monoisotopic (exact) mass is 618 g/mol. The third-order valence-electron chi connectivity index (χ3n) is 5.25. The minimum Gasteiger partial charge on any atom is -0.475 e. The standard InChI is InChI=1S/C23H26N4O2.2C2HF3O2/c1-17(28)9-4-2-7-13-20(27-23(29)19-12-8-14-24-15-19)22-25-16-21(26-22)18-10-5-3-6-11-18;2*3-2(4,5)1(6)7/h3,5-6,8,10-12,14-16,20H,2,4,7,9,13H2,1H3,(H,25,26)(H,27,29);2*(H,6,7)/t20-;;/m0../s1. The number of nitrogens with zero attached hydrogens (tertiary/aromatic N) is 2. The van der Waals surface area contributed by atoms with Crippen LogP contribution in [0.5, 0.6) is 0 Å². The summed E-state index contributed by atoms with van der Waals surface area (Å²) in [6, 6.07) is 13.2. The lowest BCUT2D eigenvalue weighted by Gasteiger charge is -2.17. The highest BCUT2D eigenvalue weighted by atomic mass is 19.4. The number of Topliss-reactive ketones (excluding diaryl/α,β-unsaturated/α-hetero) is 1. The van der Waals surface area contributed by atoms with Gasteiger partial charge in [-0.2, -0.15) is 26.3 Å². The number of imidazole rings is 1. The van der Waals surface area contributed by atoms with Gasteiger partial charge in [0.25, 0.3) is 5.91 Å². The largest absolute Gasteiger partial charge is 0.490 e. The molecule has 43 heavy (non-hydrogen) atoms. The molecule has 16 heteroatoms. The van der Waals surface area contributed by atoms with Gasteiger partial charge in [-0.1, -0.05) is 43.2 Å². The fraction of sp³-hybridized carbons (Fsp3) is 0.333. The van der Waals surface area contributed by atoms with Crippen molar-refractivity contribution < 1.29 is 55.7 Å². The number of unbranched alkanes of at least 4 members (excludes halogenated alkanes) is 2. The maximum absolute atomic E-state index is 12.6. The molecule has 234 valence electrons. The number of carbonyl (C=O) groups is 4. The Kier molecular flexibility index (Phi) is 14.6. The number of carbonyl (C=O) groups excluding carboxylic acids is 2. The van der Waals surface area contributed by atoms with E-state index in [-0.39, 0.29) is 17.7 Å². The van der Waals surface area contributed by atoms with Crippen LogP contribution in [0.15, 0.2) is 61.1 Å². The molecule has 1 aromatic carbocycles. The third kappa shape index (κ3) is 14.6. The van der Waals surface area contributed by atoms with Gasteiger partial charge < -0.3 is 25.3 Å². The van der Waals surface area contributed by atoms with Crippen LogP contribution in [0.2, 0.25) is 0 Å². The van der Waals surface area contributed by atoms with Crippen LogP contribution >= 0.6 is 0 Å². The highest BCUT2D eigenvalue weighted by molar-refractivity contribution is 5.94. The number of H-pyrrole nitrogens is 1. The van der Waals surface area contributed by atoms with Crippen molar-refractivity contribution in [3.8, 4) is 11.3 Å². The molecule has 0 fully saturated rings. The molecule has 0 saturated carbocycles. The van der Waals surface area contributed by atoms with Crippen LogP contribution in [0.1, 0.15) is 61.3 Å². The number of pyridine rings is 1. The first kappa shape index (κ1) is 36.3. The van der Waals surface area contributed by atoms with E-state index >= 15 is 0 Å². The molecule has 0 unspecified atom stereocenters. The van der Waals surface area contributed by atoms with Gasteiger partial charge in [0.05, 0.1) is 23.5 Å². The molecule has 3 aromatic rings. The number of alkyl halides is 6. The van der Waals surface area contributed by atoms with Gasteiger partial charge in [0.1, 0.15) is 11.6 Å². The molecule has 0 bridgehead atoms. The number of aromatic nitrogens is 3. The second-order valence-electron chi connectivity index (χ2n) is 8.72. The highest BCUT2D eigenvalue weighted by Crippen LogP contribution is 2.23. The number of benzene rings is 1. The Morgan fingerprint density at radius 1 is 0.860 bits per heavy atom. The number of carboxylic acid groups (broad SMARTS) is 2. The van der Waals surface area contributed by atoms with Crippen molar-refractivity contribution >= 4 is 23.6 Å². The summed E-state index contributed by atoms with van der Waals surface area (Å²) in [4.78, 5) is 53.5. The van der Waals surface area contributed by atoms with Crippen molar-refractivity contribution in [2.45, 2.75) is 57.4 Å². The summed E-state index contributed by atoms with van der Waals surface area (Å²) in [5.74, 6) is -4.75. The van der Waals surface area contributed by atoms with Crippen molar-refractivity contribution in [1.29, 1.82) is 0 Å². The number of aromatic amines is 1. The number of hydrogen-bond acceptors (Lipinski definition) is 6. The maximum Gasteiger partial charge on any atom is 0.490 e. The molecule has 0 spiro atoms. The van der Waals surface area contributed by atoms with Gasteiger partial charge in [-0.25, -0.2) is 14.6 Å². The Hall–Kier alpha value is -4.76. The summed E-state index contributed by atoms with van der Waals surface area (Å²) in [6.45, 7) is 1.62. The zero-order chi connectivity index (χ0) is 32.6. The van der Waals surface area contributed by atoms with Crippen molar-refractivity contribution in [3.05, 3.63) is 72.4 Å². The predicted molar refractivity (Wildman–Crippen MR) is 140 cm³/mol. The minimum atomic E-state index is -5.08. The molecule has 0 saturated heterocycles. The molecule has 10 nitrogen and oxygen atoms in total. The van der Waals surface area contributed by atoms with Crippen LogP contribution in [0.25, 0.3) is 11.3 Å². The van der Waals surface area contributed by atoms with E-state index in [1.807, 2.05) is 30.3 Å². The molecule has 4 N–H and O–H groups in total. The molecule has 2 heterocycles. The average Bonchev–Trinajstić information content (AvgIpc) is 3.43. The molecular weight excluding hydrogens is 590 g/mol. The van der Waals surface area contributed by atoms with E-state index in [4.69, 9.17) is 19.8 Å². The highest BCUT2D eigenvalue weighted by Gasteiger charge is 2.38. The summed E-state index contributed by atoms with van der Waals surface area (Å²) in [5.41, 5.74) is 2.48. The number of halogens is 6. The molecule has 3 rings (SSSR count). The number of hydrogen-bond donors (Lipinski definition) is 4. The second-order valence-corrected chi connectivity index (χ2v) is 8.72. The van der Waals surface area contributed by atoms with Gasteiger partial charge in [-0.05, 0) is 37.5 Å². The first-order valence-corrected chi connectivity index (χ1v) is 12.4. The fourth-order valence-corrected chi connectivity index (χ4v) is 3.19. The Morgan fingerprint density at radius 3 is 1.93 bits per heavy atom. The molecule has 0 radical (unpaired) electrons. The summed E-state index contributed by atoms with van der Waals surface area (Å²) >= 11 is 0. The zero-order valence-corrected chi connectivity index (χ0v) is 22.6. The molecular formula is C27H28F6N4O6. The number of carboxylic acids is 2. The van der Waals surface area contributed by atoms with E-state index in [1.165, 1.54) is 0 Å². The topological polar surface area (TPSA) is 162 Å². The van der Waals surface area contributed by atoms with Crippen LogP contribution in [0, 0.1) is 0 Å². The molecule has 2 aromatic heterocycles. The van der Waals surface area contributed by atoms with E-state index < -0.39 is 24.3 Å². The lowest BCUT2D eigenvalue weighted by molar-refractivity contribution is -0.193. The first-order valence-electron chi connectivity index (χ1n) is 12.4. The van der Waals surface area contributed by atoms with Crippen LogP contribution in [0.4, 0.5) is 26.3 Å². The van der Waals surface area contributed by atoms with E-state index in [9.17, 15) is 35.9 Å². The van der Waals surface area contributed by atoms with Gasteiger partial charge in [0.2, 0.25) is 0 Å². The quantitative estimate of drug-likeness (QED) is 0.165. The zero-order valence-electron chi connectivity index (χ0n) is 22.6. The second kappa shape index (κ2) is 17.3. The summed E-state index contributed by atoms with van der Waals surface area (Å²) in [5, 5.41) is 17.3. The number of amides is 1. The first-order chi connectivity index (χ1) is 20.0. The summed E-state index contributed by atoms with van der Waals surface area (Å²) in [6.07, 6.45) is -1.14. The van der Waals surface area contributed by atoms with Crippen LogP contribution < -0.4 is 5.32 Å². The third-order valence-corrected chi connectivity index (χ3v) is 5.25. The number of nitrogens with one attached hydrogen (secondary N) is 2. The Bertz CT molecular complexity index is 1290. The molecule has 0 aliphatic heterocycles. The van der Waals surface area contributed by atoms with Gasteiger partial charge in [0, 0.05) is 18.8 Å². The Morgan fingerprint density at radius 2 is 1.44 bits per heavy atom.